The molecular formula is C20H20N2O6. The van der Waals surface area contributed by atoms with Crippen molar-refractivity contribution in [3.63, 3.8) is 0 Å². The second kappa shape index (κ2) is 10.5. The van der Waals surface area contributed by atoms with E-state index in [9.17, 15) is 19.7 Å². The van der Waals surface area contributed by atoms with E-state index < -0.39 is 17.0 Å². The van der Waals surface area contributed by atoms with Gasteiger partial charge in [0.25, 0.3) is 5.69 Å². The van der Waals surface area contributed by atoms with Gasteiger partial charge in [-0.05, 0) is 24.6 Å². The molecule has 2 aromatic carbocycles. The molecule has 0 saturated heterocycles. The number of nitro groups is 1. The van der Waals surface area contributed by atoms with E-state index in [0.29, 0.717) is 5.56 Å². The van der Waals surface area contributed by atoms with E-state index >= 15 is 0 Å². The Morgan fingerprint density at radius 2 is 1.89 bits per heavy atom. The van der Waals surface area contributed by atoms with Crippen molar-refractivity contribution in [3.8, 4) is 0 Å². The Kier molecular flexibility index (Phi) is 7.71. The van der Waals surface area contributed by atoms with Gasteiger partial charge >= 0.3 is 12.1 Å². The minimum absolute atomic E-state index is 0.105. The number of esters is 1. The van der Waals surface area contributed by atoms with Crippen LogP contribution in [0.25, 0.3) is 6.08 Å². The molecule has 8 heteroatoms. The first kappa shape index (κ1) is 20.6. The van der Waals surface area contributed by atoms with Gasteiger partial charge in [0.15, 0.2) is 0 Å². The number of rotatable bonds is 8. The van der Waals surface area contributed by atoms with Crippen LogP contribution in [0.5, 0.6) is 0 Å². The quantitative estimate of drug-likeness (QED) is 0.422. The molecule has 8 nitrogen and oxygen atoms in total. The molecule has 1 amide bonds. The van der Waals surface area contributed by atoms with Gasteiger partial charge in [0.2, 0.25) is 0 Å². The van der Waals surface area contributed by atoms with Gasteiger partial charge in [0, 0.05) is 12.6 Å². The van der Waals surface area contributed by atoms with Gasteiger partial charge in [0.05, 0.1) is 22.7 Å². The summed E-state index contributed by atoms with van der Waals surface area (Å²) in [7, 11) is 0. The van der Waals surface area contributed by atoms with E-state index in [0.717, 1.165) is 5.56 Å². The molecule has 0 aliphatic heterocycles. The monoisotopic (exact) mass is 384 g/mol. The average molecular weight is 384 g/mol. The number of hydrogen-bond acceptors (Lipinski definition) is 6. The first-order valence-electron chi connectivity index (χ1n) is 8.58. The molecule has 0 heterocycles. The Morgan fingerprint density at radius 1 is 1.14 bits per heavy atom. The standard InChI is InChI=1S/C20H20N2O6/c1-2-27-19(23)17-11-10-16(18(13-17)22(25)26)9-6-12-21-20(24)28-14-15-7-4-3-5-8-15/h3-11,13H,2,12,14H2,1H3,(H,21,24). The summed E-state index contributed by atoms with van der Waals surface area (Å²) < 4.78 is 9.91. The lowest BCUT2D eigenvalue weighted by Crippen LogP contribution is -2.24. The van der Waals surface area contributed by atoms with Crippen LogP contribution >= 0.6 is 0 Å². The lowest BCUT2D eigenvalue weighted by molar-refractivity contribution is -0.385. The summed E-state index contributed by atoms with van der Waals surface area (Å²) >= 11 is 0. The highest BCUT2D eigenvalue weighted by Gasteiger charge is 2.16. The number of hydrogen-bond donors (Lipinski definition) is 1. The number of nitrogens with one attached hydrogen (secondary N) is 1. The third-order valence-corrected chi connectivity index (χ3v) is 3.61. The number of ether oxygens (including phenoxy) is 2. The van der Waals surface area contributed by atoms with Crippen LogP contribution in [0.2, 0.25) is 0 Å². The minimum Gasteiger partial charge on any atom is -0.462 e. The number of alkyl carbamates (subject to hydrolysis) is 1. The van der Waals surface area contributed by atoms with Gasteiger partial charge in [-0.1, -0.05) is 42.5 Å². The average Bonchev–Trinajstić information content (AvgIpc) is 2.70. The third-order valence-electron chi connectivity index (χ3n) is 3.61. The molecule has 0 radical (unpaired) electrons. The van der Waals surface area contributed by atoms with Gasteiger partial charge in [0.1, 0.15) is 6.61 Å². The largest absolute Gasteiger partial charge is 0.462 e. The van der Waals surface area contributed by atoms with Crippen molar-refractivity contribution in [3.05, 3.63) is 81.4 Å². The zero-order valence-electron chi connectivity index (χ0n) is 15.3. The molecule has 0 fully saturated rings. The van der Waals surface area contributed by atoms with Crippen molar-refractivity contribution in [1.29, 1.82) is 0 Å². The van der Waals surface area contributed by atoms with E-state index in [1.165, 1.54) is 24.3 Å². The first-order valence-corrected chi connectivity index (χ1v) is 8.58. The Hall–Kier alpha value is -3.68. The number of nitrogens with zero attached hydrogens (tertiary/aromatic N) is 1. The zero-order chi connectivity index (χ0) is 20.4. The molecule has 0 aliphatic carbocycles. The van der Waals surface area contributed by atoms with Gasteiger partial charge in [-0.25, -0.2) is 9.59 Å². The molecule has 0 unspecified atom stereocenters. The summed E-state index contributed by atoms with van der Waals surface area (Å²) in [5, 5.41) is 13.8. The van der Waals surface area contributed by atoms with Gasteiger partial charge in [-0.3, -0.25) is 10.1 Å². The highest BCUT2D eigenvalue weighted by molar-refractivity contribution is 5.90. The molecular weight excluding hydrogens is 364 g/mol. The van der Waals surface area contributed by atoms with Crippen LogP contribution in [0.1, 0.15) is 28.4 Å². The van der Waals surface area contributed by atoms with E-state index in [1.54, 1.807) is 13.0 Å². The summed E-state index contributed by atoms with van der Waals surface area (Å²) in [5.74, 6) is -0.621. The lowest BCUT2D eigenvalue weighted by Gasteiger charge is -2.05. The van der Waals surface area contributed by atoms with Crippen LogP contribution in [0.4, 0.5) is 10.5 Å². The SMILES string of the molecule is CCOC(=O)c1ccc(C=CCNC(=O)OCc2ccccc2)c([N+](=O)[O-])c1. The van der Waals surface area contributed by atoms with Crippen LogP contribution in [-0.2, 0) is 16.1 Å². The molecule has 0 spiro atoms. The topological polar surface area (TPSA) is 108 Å². The zero-order valence-corrected chi connectivity index (χ0v) is 15.3. The number of carbonyl (C=O) groups is 2. The molecule has 0 aliphatic rings. The van der Waals surface area contributed by atoms with Crippen LogP contribution in [0.15, 0.2) is 54.6 Å². The first-order chi connectivity index (χ1) is 13.5. The molecule has 146 valence electrons. The second-order valence-corrected chi connectivity index (χ2v) is 5.60. The number of amides is 1. The number of nitro benzene ring substituents is 1. The van der Waals surface area contributed by atoms with E-state index in [4.69, 9.17) is 9.47 Å². The third kappa shape index (κ3) is 6.24. The molecule has 0 atom stereocenters. The van der Waals surface area contributed by atoms with E-state index in [1.807, 2.05) is 30.3 Å². The normalized spacial score (nSPS) is 10.5. The molecule has 1 N–H and O–H groups in total. The molecule has 0 bridgehead atoms. The summed E-state index contributed by atoms with van der Waals surface area (Å²) in [6.45, 7) is 2.11. The predicted molar refractivity (Wildman–Crippen MR) is 103 cm³/mol. The van der Waals surface area contributed by atoms with Gasteiger partial charge in [-0.2, -0.15) is 0 Å². The highest BCUT2D eigenvalue weighted by Crippen LogP contribution is 2.22. The number of benzene rings is 2. The molecule has 2 aromatic rings. The number of carbonyl (C=O) groups excluding carboxylic acids is 2. The Bertz CT molecular complexity index is 864. The Labute approximate surface area is 161 Å². The Balaban J connectivity index is 1.91. The van der Waals surface area contributed by atoms with Crippen molar-refractivity contribution in [2.24, 2.45) is 0 Å². The van der Waals surface area contributed by atoms with Crippen molar-refractivity contribution in [1.82, 2.24) is 5.32 Å². The van der Waals surface area contributed by atoms with Crippen molar-refractivity contribution < 1.29 is 24.0 Å². The molecule has 0 saturated carbocycles. The van der Waals surface area contributed by atoms with Crippen LogP contribution < -0.4 is 5.32 Å². The predicted octanol–water partition coefficient (Wildman–Crippen LogP) is 3.71. The minimum atomic E-state index is -0.621. The van der Waals surface area contributed by atoms with Crippen LogP contribution in [-0.4, -0.2) is 30.1 Å². The fourth-order valence-electron chi connectivity index (χ4n) is 2.29. The fraction of sp³-hybridized carbons (Fsp3) is 0.200. The lowest BCUT2D eigenvalue weighted by atomic mass is 10.1. The maximum Gasteiger partial charge on any atom is 0.407 e. The summed E-state index contributed by atoms with van der Waals surface area (Å²) in [6.07, 6.45) is 2.45. The maximum absolute atomic E-state index is 11.7. The van der Waals surface area contributed by atoms with Crippen LogP contribution in [0, 0.1) is 10.1 Å². The summed E-state index contributed by atoms with van der Waals surface area (Å²) in [4.78, 5) is 34.0. The van der Waals surface area contributed by atoms with Crippen LogP contribution in [0.3, 0.4) is 0 Å². The summed E-state index contributed by atoms with van der Waals surface area (Å²) in [6, 6.07) is 13.3. The Morgan fingerprint density at radius 3 is 2.57 bits per heavy atom. The van der Waals surface area contributed by atoms with Crippen molar-refractivity contribution in [2.45, 2.75) is 13.5 Å². The molecule has 28 heavy (non-hydrogen) atoms. The van der Waals surface area contributed by atoms with Gasteiger partial charge in [-0.15, -0.1) is 0 Å². The maximum atomic E-state index is 11.7. The molecule has 0 aromatic heterocycles. The van der Waals surface area contributed by atoms with E-state index in [-0.39, 0.29) is 31.0 Å². The molecule has 2 rings (SSSR count). The smallest absolute Gasteiger partial charge is 0.407 e. The fourth-order valence-corrected chi connectivity index (χ4v) is 2.29. The van der Waals surface area contributed by atoms with Crippen molar-refractivity contribution >= 4 is 23.8 Å². The second-order valence-electron chi connectivity index (χ2n) is 5.60. The van der Waals surface area contributed by atoms with E-state index in [2.05, 4.69) is 5.32 Å². The van der Waals surface area contributed by atoms with Crippen molar-refractivity contribution in [2.75, 3.05) is 13.2 Å². The highest BCUT2D eigenvalue weighted by atomic mass is 16.6. The summed E-state index contributed by atoms with van der Waals surface area (Å²) in [5.41, 5.74) is 1.05. The van der Waals surface area contributed by atoms with Gasteiger partial charge < -0.3 is 14.8 Å².